The predicted molar refractivity (Wildman–Crippen MR) is 47.8 cm³/mol. The fraction of sp³-hybridized carbons (Fsp3) is 0.900. The maximum absolute atomic E-state index is 11.1. The molecule has 1 saturated carbocycles. The molecule has 1 rings (SSSR count). The van der Waals surface area contributed by atoms with E-state index in [9.17, 15) is 4.79 Å². The first kappa shape index (κ1) is 9.56. The molecule has 0 bridgehead atoms. The van der Waals surface area contributed by atoms with Crippen molar-refractivity contribution < 1.29 is 9.53 Å². The summed E-state index contributed by atoms with van der Waals surface area (Å²) in [6, 6.07) is 0. The third kappa shape index (κ3) is 2.23. The van der Waals surface area contributed by atoms with E-state index >= 15 is 0 Å². The number of esters is 1. The van der Waals surface area contributed by atoms with E-state index in [0.717, 1.165) is 18.8 Å². The smallest absolute Gasteiger partial charge is 0.308 e. The van der Waals surface area contributed by atoms with Crippen LogP contribution in [0.1, 0.15) is 39.0 Å². The van der Waals surface area contributed by atoms with Crippen molar-refractivity contribution in [2.24, 2.45) is 11.8 Å². The third-order valence-corrected chi connectivity index (χ3v) is 2.96. The van der Waals surface area contributed by atoms with Gasteiger partial charge < -0.3 is 4.74 Å². The molecule has 0 aromatic carbocycles. The van der Waals surface area contributed by atoms with Crippen LogP contribution in [0.25, 0.3) is 0 Å². The summed E-state index contributed by atoms with van der Waals surface area (Å²) in [5.41, 5.74) is 0. The minimum absolute atomic E-state index is 0.00967. The standard InChI is InChI=1S/C10H18O2/c1-3-8-4-6-9(7-5-8)10(11)12-2/h8-9H,3-7H2,1-2H3/t8-,9-. The summed E-state index contributed by atoms with van der Waals surface area (Å²) in [4.78, 5) is 11.1. The van der Waals surface area contributed by atoms with Crippen molar-refractivity contribution in [3.63, 3.8) is 0 Å². The first-order valence-electron chi connectivity index (χ1n) is 4.85. The lowest BCUT2D eigenvalue weighted by Crippen LogP contribution is -2.22. The summed E-state index contributed by atoms with van der Waals surface area (Å²) in [5, 5.41) is 0. The molecule has 0 aromatic heterocycles. The normalized spacial score (nSPS) is 29.8. The molecule has 0 atom stereocenters. The van der Waals surface area contributed by atoms with Gasteiger partial charge in [-0.2, -0.15) is 0 Å². The molecule has 12 heavy (non-hydrogen) atoms. The van der Waals surface area contributed by atoms with E-state index in [1.807, 2.05) is 0 Å². The molecule has 2 heteroatoms. The average Bonchev–Trinajstić information content (AvgIpc) is 2.17. The van der Waals surface area contributed by atoms with Crippen molar-refractivity contribution >= 4 is 5.97 Å². The Morgan fingerprint density at radius 1 is 1.33 bits per heavy atom. The van der Waals surface area contributed by atoms with Crippen LogP contribution in [0, 0.1) is 11.8 Å². The molecule has 0 radical (unpaired) electrons. The van der Waals surface area contributed by atoms with E-state index in [-0.39, 0.29) is 11.9 Å². The van der Waals surface area contributed by atoms with Gasteiger partial charge in [-0.05, 0) is 31.6 Å². The van der Waals surface area contributed by atoms with E-state index in [1.54, 1.807) is 0 Å². The maximum atomic E-state index is 11.1. The van der Waals surface area contributed by atoms with Gasteiger partial charge in [-0.15, -0.1) is 0 Å². The summed E-state index contributed by atoms with van der Waals surface area (Å²) >= 11 is 0. The summed E-state index contributed by atoms with van der Waals surface area (Å²) in [6.07, 6.45) is 5.73. The second-order valence-electron chi connectivity index (χ2n) is 3.65. The Morgan fingerprint density at radius 3 is 2.33 bits per heavy atom. The number of rotatable bonds is 2. The number of methoxy groups -OCH3 is 1. The van der Waals surface area contributed by atoms with E-state index in [2.05, 4.69) is 6.92 Å². The van der Waals surface area contributed by atoms with Crippen LogP contribution in [0.5, 0.6) is 0 Å². The van der Waals surface area contributed by atoms with Gasteiger partial charge in [0.2, 0.25) is 0 Å². The van der Waals surface area contributed by atoms with Gasteiger partial charge in [0.05, 0.1) is 13.0 Å². The molecule has 0 spiro atoms. The van der Waals surface area contributed by atoms with Crippen molar-refractivity contribution in [2.75, 3.05) is 7.11 Å². The molecular weight excluding hydrogens is 152 g/mol. The Kier molecular flexibility index (Phi) is 3.57. The van der Waals surface area contributed by atoms with Crippen molar-refractivity contribution in [1.82, 2.24) is 0 Å². The second-order valence-corrected chi connectivity index (χ2v) is 3.65. The molecule has 2 nitrogen and oxygen atoms in total. The van der Waals surface area contributed by atoms with Gasteiger partial charge in [0, 0.05) is 0 Å². The molecule has 0 N–H and O–H groups in total. The first-order chi connectivity index (χ1) is 5.77. The summed E-state index contributed by atoms with van der Waals surface area (Å²) in [5.74, 6) is 1.04. The van der Waals surface area contributed by atoms with Crippen LogP contribution in [0.15, 0.2) is 0 Å². The van der Waals surface area contributed by atoms with Crippen LogP contribution in [-0.2, 0) is 9.53 Å². The highest BCUT2D eigenvalue weighted by Crippen LogP contribution is 2.30. The zero-order chi connectivity index (χ0) is 8.97. The molecule has 0 amide bonds. The highest BCUT2D eigenvalue weighted by atomic mass is 16.5. The maximum Gasteiger partial charge on any atom is 0.308 e. The molecule has 0 aromatic rings. The van der Waals surface area contributed by atoms with E-state index < -0.39 is 0 Å². The number of hydrogen-bond donors (Lipinski definition) is 0. The first-order valence-corrected chi connectivity index (χ1v) is 4.85. The van der Waals surface area contributed by atoms with Crippen LogP contribution in [0.2, 0.25) is 0 Å². The second kappa shape index (κ2) is 4.48. The lowest BCUT2D eigenvalue weighted by Gasteiger charge is -2.25. The van der Waals surface area contributed by atoms with Gasteiger partial charge in [-0.3, -0.25) is 4.79 Å². The highest BCUT2D eigenvalue weighted by Gasteiger charge is 2.25. The van der Waals surface area contributed by atoms with E-state index in [0.29, 0.717) is 0 Å². The number of carbonyl (C=O) groups is 1. The van der Waals surface area contributed by atoms with Gasteiger partial charge in [-0.25, -0.2) is 0 Å². The van der Waals surface area contributed by atoms with Crippen LogP contribution in [0.3, 0.4) is 0 Å². The Balaban J connectivity index is 2.30. The largest absolute Gasteiger partial charge is 0.469 e. The Morgan fingerprint density at radius 2 is 1.92 bits per heavy atom. The van der Waals surface area contributed by atoms with Gasteiger partial charge in [-0.1, -0.05) is 13.3 Å². The Hall–Kier alpha value is -0.530. The minimum Gasteiger partial charge on any atom is -0.469 e. The molecule has 0 heterocycles. The SMILES string of the molecule is CC[C@H]1CC[C@H](C(=O)OC)CC1. The molecule has 0 saturated heterocycles. The summed E-state index contributed by atoms with van der Waals surface area (Å²) in [7, 11) is 1.48. The zero-order valence-electron chi connectivity index (χ0n) is 8.01. The summed E-state index contributed by atoms with van der Waals surface area (Å²) in [6.45, 7) is 2.23. The van der Waals surface area contributed by atoms with Crippen molar-refractivity contribution in [3.05, 3.63) is 0 Å². The van der Waals surface area contributed by atoms with Crippen LogP contribution < -0.4 is 0 Å². The molecule has 0 unspecified atom stereocenters. The van der Waals surface area contributed by atoms with Crippen LogP contribution in [-0.4, -0.2) is 13.1 Å². The predicted octanol–water partition coefficient (Wildman–Crippen LogP) is 2.38. The van der Waals surface area contributed by atoms with Gasteiger partial charge >= 0.3 is 5.97 Å². The molecule has 0 aliphatic heterocycles. The van der Waals surface area contributed by atoms with Gasteiger partial charge in [0.25, 0.3) is 0 Å². The van der Waals surface area contributed by atoms with Crippen molar-refractivity contribution in [1.29, 1.82) is 0 Å². The average molecular weight is 170 g/mol. The van der Waals surface area contributed by atoms with E-state index in [4.69, 9.17) is 4.74 Å². The number of hydrogen-bond acceptors (Lipinski definition) is 2. The van der Waals surface area contributed by atoms with E-state index in [1.165, 1.54) is 26.4 Å². The molecular formula is C10H18O2. The van der Waals surface area contributed by atoms with Crippen molar-refractivity contribution in [3.8, 4) is 0 Å². The Labute approximate surface area is 74.3 Å². The molecule has 1 fully saturated rings. The van der Waals surface area contributed by atoms with Crippen LogP contribution >= 0.6 is 0 Å². The lowest BCUT2D eigenvalue weighted by molar-refractivity contribution is -0.146. The fourth-order valence-corrected chi connectivity index (χ4v) is 1.97. The Bertz CT molecular complexity index is 146. The zero-order valence-corrected chi connectivity index (χ0v) is 8.01. The quantitative estimate of drug-likeness (QED) is 0.595. The number of carbonyl (C=O) groups excluding carboxylic acids is 1. The molecule has 1 aliphatic rings. The molecule has 1 aliphatic carbocycles. The molecule has 70 valence electrons. The number of ether oxygens (including phenoxy) is 1. The van der Waals surface area contributed by atoms with Crippen molar-refractivity contribution in [2.45, 2.75) is 39.0 Å². The minimum atomic E-state index is -0.00967. The van der Waals surface area contributed by atoms with Crippen LogP contribution in [0.4, 0.5) is 0 Å². The summed E-state index contributed by atoms with van der Waals surface area (Å²) < 4.78 is 4.72. The fourth-order valence-electron chi connectivity index (χ4n) is 1.97. The third-order valence-electron chi connectivity index (χ3n) is 2.96. The van der Waals surface area contributed by atoms with Gasteiger partial charge in [0.1, 0.15) is 0 Å². The monoisotopic (exact) mass is 170 g/mol. The highest BCUT2D eigenvalue weighted by molar-refractivity contribution is 5.72. The van der Waals surface area contributed by atoms with Gasteiger partial charge in [0.15, 0.2) is 0 Å². The topological polar surface area (TPSA) is 26.3 Å². The lowest BCUT2D eigenvalue weighted by atomic mass is 9.81.